The van der Waals surface area contributed by atoms with E-state index in [2.05, 4.69) is 31.7 Å². The van der Waals surface area contributed by atoms with Crippen molar-refractivity contribution in [2.45, 2.75) is 19.4 Å². The zero-order valence-corrected chi connectivity index (χ0v) is 11.1. The summed E-state index contributed by atoms with van der Waals surface area (Å²) >= 11 is 0. The van der Waals surface area contributed by atoms with E-state index in [0.717, 1.165) is 24.6 Å². The number of nitrogens with two attached hydrogens (primary N) is 1. The van der Waals surface area contributed by atoms with Crippen molar-refractivity contribution in [3.8, 4) is 0 Å². The third-order valence-corrected chi connectivity index (χ3v) is 2.65. The van der Waals surface area contributed by atoms with Crippen molar-refractivity contribution in [2.75, 3.05) is 23.7 Å². The molecule has 2 aromatic heterocycles. The molecule has 0 saturated heterocycles. The third kappa shape index (κ3) is 4.59. The number of rotatable bonds is 7. The Hall–Kier alpha value is -2.08. The van der Waals surface area contributed by atoms with Crippen LogP contribution in [0.15, 0.2) is 30.9 Å². The number of hydrogen-bond acceptors (Lipinski definition) is 5. The van der Waals surface area contributed by atoms with Gasteiger partial charge in [-0.1, -0.05) is 0 Å². The van der Waals surface area contributed by atoms with Gasteiger partial charge in [0.2, 0.25) is 0 Å². The first-order chi connectivity index (χ1) is 9.24. The maximum absolute atomic E-state index is 5.69. The van der Waals surface area contributed by atoms with Crippen LogP contribution in [0.25, 0.3) is 0 Å². The molecule has 1 unspecified atom stereocenters. The van der Waals surface area contributed by atoms with Crippen LogP contribution in [0.4, 0.5) is 11.6 Å². The Kier molecular flexibility index (Phi) is 4.74. The monoisotopic (exact) mass is 260 g/mol. The van der Waals surface area contributed by atoms with Gasteiger partial charge < -0.3 is 21.4 Å². The lowest BCUT2D eigenvalue weighted by Gasteiger charge is -2.09. The lowest BCUT2D eigenvalue weighted by molar-refractivity contribution is 0.777. The molecular formula is C13H20N6. The predicted molar refractivity (Wildman–Crippen MR) is 77.2 cm³/mol. The average Bonchev–Trinajstić information content (AvgIpc) is 2.90. The molecule has 0 saturated carbocycles. The number of nitrogens with one attached hydrogen (secondary N) is 3. The first kappa shape index (κ1) is 13.4. The highest BCUT2D eigenvalue weighted by Gasteiger charge is 2.00. The van der Waals surface area contributed by atoms with Crippen LogP contribution in [0.1, 0.15) is 12.5 Å². The summed E-state index contributed by atoms with van der Waals surface area (Å²) in [7, 11) is 0. The molecule has 1 atom stereocenters. The van der Waals surface area contributed by atoms with E-state index in [1.165, 1.54) is 5.56 Å². The zero-order chi connectivity index (χ0) is 13.5. The van der Waals surface area contributed by atoms with Crippen LogP contribution < -0.4 is 16.4 Å². The van der Waals surface area contributed by atoms with Crippen molar-refractivity contribution in [1.82, 2.24) is 15.0 Å². The molecule has 0 aliphatic rings. The molecular weight excluding hydrogens is 240 g/mol. The largest absolute Gasteiger partial charge is 0.370 e. The first-order valence-corrected chi connectivity index (χ1v) is 6.41. The van der Waals surface area contributed by atoms with Crippen LogP contribution in [0.5, 0.6) is 0 Å². The number of aromatic nitrogens is 3. The average molecular weight is 260 g/mol. The molecule has 19 heavy (non-hydrogen) atoms. The Balaban J connectivity index is 1.81. The van der Waals surface area contributed by atoms with Gasteiger partial charge in [0.05, 0.1) is 0 Å². The van der Waals surface area contributed by atoms with Crippen molar-refractivity contribution < 1.29 is 0 Å². The Morgan fingerprint density at radius 2 is 2.11 bits per heavy atom. The summed E-state index contributed by atoms with van der Waals surface area (Å²) in [6.45, 7) is 3.48. The maximum Gasteiger partial charge on any atom is 0.131 e. The minimum Gasteiger partial charge on any atom is -0.370 e. The van der Waals surface area contributed by atoms with E-state index in [1.807, 2.05) is 25.4 Å². The van der Waals surface area contributed by atoms with Gasteiger partial charge in [0.15, 0.2) is 0 Å². The number of anilines is 2. The Labute approximate surface area is 112 Å². The molecule has 0 bridgehead atoms. The molecule has 5 N–H and O–H groups in total. The van der Waals surface area contributed by atoms with Gasteiger partial charge in [-0.15, -0.1) is 0 Å². The van der Waals surface area contributed by atoms with E-state index < -0.39 is 0 Å². The molecule has 0 aliphatic heterocycles. The van der Waals surface area contributed by atoms with E-state index in [4.69, 9.17) is 5.73 Å². The van der Waals surface area contributed by atoms with Crippen molar-refractivity contribution >= 4 is 11.6 Å². The summed E-state index contributed by atoms with van der Waals surface area (Å²) in [6.07, 6.45) is 6.42. The van der Waals surface area contributed by atoms with Crippen LogP contribution >= 0.6 is 0 Å². The van der Waals surface area contributed by atoms with Crippen LogP contribution in [-0.4, -0.2) is 34.1 Å². The van der Waals surface area contributed by atoms with Crippen molar-refractivity contribution in [1.29, 1.82) is 0 Å². The summed E-state index contributed by atoms with van der Waals surface area (Å²) < 4.78 is 0. The predicted octanol–water partition coefficient (Wildman–Crippen LogP) is 1.22. The van der Waals surface area contributed by atoms with Crippen LogP contribution in [0, 0.1) is 0 Å². The smallest absolute Gasteiger partial charge is 0.131 e. The Morgan fingerprint density at radius 1 is 1.32 bits per heavy atom. The number of H-pyrrole nitrogens is 1. The fraction of sp³-hybridized carbons (Fsp3) is 0.385. The second-order valence-electron chi connectivity index (χ2n) is 4.54. The molecule has 2 rings (SSSR count). The van der Waals surface area contributed by atoms with Crippen molar-refractivity contribution in [2.24, 2.45) is 5.73 Å². The lowest BCUT2D eigenvalue weighted by atomic mass is 10.2. The van der Waals surface area contributed by atoms with Gasteiger partial charge in [-0.3, -0.25) is 0 Å². The van der Waals surface area contributed by atoms with Crippen LogP contribution in [0.2, 0.25) is 0 Å². The van der Waals surface area contributed by atoms with Gasteiger partial charge in [0.1, 0.15) is 18.0 Å². The molecule has 102 valence electrons. The topological polar surface area (TPSA) is 91.7 Å². The summed E-state index contributed by atoms with van der Waals surface area (Å²) in [5.41, 5.74) is 6.96. The van der Waals surface area contributed by atoms with E-state index in [9.17, 15) is 0 Å². The minimum atomic E-state index is 0.0972. The molecule has 0 aliphatic carbocycles. The Morgan fingerprint density at radius 3 is 2.79 bits per heavy atom. The lowest BCUT2D eigenvalue weighted by Crippen LogP contribution is -2.25. The van der Waals surface area contributed by atoms with Crippen LogP contribution in [-0.2, 0) is 6.42 Å². The van der Waals surface area contributed by atoms with Crippen molar-refractivity contribution in [3.05, 3.63) is 36.4 Å². The fourth-order valence-corrected chi connectivity index (χ4v) is 1.67. The molecule has 6 nitrogen and oxygen atoms in total. The SMILES string of the molecule is CC(N)CNc1cc(NCCc2cc[nH]c2)ncn1. The van der Waals surface area contributed by atoms with E-state index in [-0.39, 0.29) is 6.04 Å². The van der Waals surface area contributed by atoms with Gasteiger partial charge >= 0.3 is 0 Å². The molecule has 2 aromatic rings. The van der Waals surface area contributed by atoms with Gasteiger partial charge in [-0.2, -0.15) is 0 Å². The second kappa shape index (κ2) is 6.75. The van der Waals surface area contributed by atoms with Gasteiger partial charge in [0.25, 0.3) is 0 Å². The Bertz CT molecular complexity index is 480. The molecule has 0 amide bonds. The highest BCUT2D eigenvalue weighted by Crippen LogP contribution is 2.08. The molecule has 0 aromatic carbocycles. The highest BCUT2D eigenvalue weighted by molar-refractivity contribution is 5.46. The van der Waals surface area contributed by atoms with E-state index >= 15 is 0 Å². The third-order valence-electron chi connectivity index (χ3n) is 2.65. The first-order valence-electron chi connectivity index (χ1n) is 6.41. The van der Waals surface area contributed by atoms with Gasteiger partial charge in [0, 0.05) is 37.6 Å². The quantitative estimate of drug-likeness (QED) is 0.601. The molecule has 6 heteroatoms. The van der Waals surface area contributed by atoms with Crippen LogP contribution in [0.3, 0.4) is 0 Å². The summed E-state index contributed by atoms with van der Waals surface area (Å²) in [6, 6.07) is 4.05. The minimum absolute atomic E-state index is 0.0972. The van der Waals surface area contributed by atoms with Gasteiger partial charge in [-0.25, -0.2) is 9.97 Å². The molecule has 0 radical (unpaired) electrons. The number of nitrogens with zero attached hydrogens (tertiary/aromatic N) is 2. The molecule has 2 heterocycles. The zero-order valence-electron chi connectivity index (χ0n) is 11.1. The summed E-state index contributed by atoms with van der Waals surface area (Å²) in [5, 5.41) is 6.44. The molecule has 0 fully saturated rings. The van der Waals surface area contributed by atoms with E-state index in [0.29, 0.717) is 6.54 Å². The number of aromatic amines is 1. The highest BCUT2D eigenvalue weighted by atomic mass is 15.1. The van der Waals surface area contributed by atoms with Crippen molar-refractivity contribution in [3.63, 3.8) is 0 Å². The number of hydrogen-bond donors (Lipinski definition) is 4. The normalized spacial score (nSPS) is 12.1. The van der Waals surface area contributed by atoms with Gasteiger partial charge in [-0.05, 0) is 25.0 Å². The maximum atomic E-state index is 5.69. The summed E-state index contributed by atoms with van der Waals surface area (Å²) in [4.78, 5) is 11.4. The van der Waals surface area contributed by atoms with E-state index in [1.54, 1.807) is 6.33 Å². The molecule has 0 spiro atoms. The fourth-order valence-electron chi connectivity index (χ4n) is 1.67. The summed E-state index contributed by atoms with van der Waals surface area (Å²) in [5.74, 6) is 1.61. The standard InChI is InChI=1S/C13H20N6/c1-10(14)7-17-13-6-12(18-9-19-13)16-5-3-11-2-4-15-8-11/h2,4,6,8-10,15H,3,5,7,14H2,1H3,(H2,16,17,18,19). The second-order valence-corrected chi connectivity index (χ2v) is 4.54.